The molecule has 0 amide bonds. The maximum absolute atomic E-state index is 11.2. The number of hydrogen-bond acceptors (Lipinski definition) is 3. The van der Waals surface area contributed by atoms with E-state index in [1.807, 2.05) is 6.07 Å². The van der Waals surface area contributed by atoms with E-state index in [9.17, 15) is 4.79 Å². The Morgan fingerprint density at radius 1 is 1.39 bits per heavy atom. The van der Waals surface area contributed by atoms with Crippen LogP contribution in [0, 0.1) is 0 Å². The minimum absolute atomic E-state index is 0.0802. The summed E-state index contributed by atoms with van der Waals surface area (Å²) in [4.78, 5) is 11.2. The Labute approximate surface area is 112 Å². The fourth-order valence-corrected chi connectivity index (χ4v) is 2.12. The van der Waals surface area contributed by atoms with Gasteiger partial charge in [-0.25, -0.2) is 0 Å². The zero-order chi connectivity index (χ0) is 13.1. The molecule has 1 fully saturated rings. The first kappa shape index (κ1) is 13.2. The van der Waals surface area contributed by atoms with Crippen LogP contribution >= 0.6 is 11.6 Å². The van der Waals surface area contributed by atoms with Crippen LogP contribution in [0.3, 0.4) is 0 Å². The van der Waals surface area contributed by atoms with Gasteiger partial charge in [0, 0.05) is 17.5 Å². The molecule has 1 aliphatic rings. The Morgan fingerprint density at radius 2 is 2.11 bits per heavy atom. The van der Waals surface area contributed by atoms with E-state index in [-0.39, 0.29) is 11.9 Å². The second kappa shape index (κ2) is 5.61. The molecular weight excluding hydrogens is 252 g/mol. The quantitative estimate of drug-likeness (QED) is 0.821. The number of ketones is 1. The van der Waals surface area contributed by atoms with Crippen molar-refractivity contribution in [2.24, 2.45) is 0 Å². The van der Waals surface area contributed by atoms with E-state index in [1.165, 1.54) is 6.42 Å². The maximum Gasteiger partial charge on any atom is 0.162 e. The average Bonchev–Trinajstić information content (AvgIpc) is 2.26. The lowest BCUT2D eigenvalue weighted by atomic mass is 9.96. The standard InChI is InChI=1S/C14H17ClO3/c1-9(16)6-10-7-14(18-11-4-3-5-11)13(17-2)8-12(10)15/h7-8,11H,3-6H2,1-2H3. The van der Waals surface area contributed by atoms with Crippen molar-refractivity contribution < 1.29 is 14.3 Å². The summed E-state index contributed by atoms with van der Waals surface area (Å²) in [6, 6.07) is 3.54. The van der Waals surface area contributed by atoms with E-state index in [1.54, 1.807) is 20.1 Å². The third-order valence-electron chi connectivity index (χ3n) is 3.12. The largest absolute Gasteiger partial charge is 0.493 e. The topological polar surface area (TPSA) is 35.5 Å². The fourth-order valence-electron chi connectivity index (χ4n) is 1.90. The zero-order valence-electron chi connectivity index (χ0n) is 10.7. The van der Waals surface area contributed by atoms with Gasteiger partial charge in [0.1, 0.15) is 5.78 Å². The summed E-state index contributed by atoms with van der Waals surface area (Å²) >= 11 is 6.12. The molecule has 0 bridgehead atoms. The molecule has 4 heteroatoms. The first-order chi connectivity index (χ1) is 8.60. The van der Waals surface area contributed by atoms with Gasteiger partial charge in [0.2, 0.25) is 0 Å². The van der Waals surface area contributed by atoms with Gasteiger partial charge in [0.15, 0.2) is 11.5 Å². The molecule has 0 saturated heterocycles. The van der Waals surface area contributed by atoms with Crippen molar-refractivity contribution in [3.8, 4) is 11.5 Å². The molecule has 0 spiro atoms. The van der Waals surface area contributed by atoms with Crippen LogP contribution in [0.4, 0.5) is 0 Å². The number of Topliss-reactive ketones (excluding diaryl/α,β-unsaturated/α-hetero) is 1. The number of methoxy groups -OCH3 is 1. The van der Waals surface area contributed by atoms with E-state index < -0.39 is 0 Å². The molecule has 0 aliphatic heterocycles. The van der Waals surface area contributed by atoms with Crippen LogP contribution in [0.1, 0.15) is 31.7 Å². The van der Waals surface area contributed by atoms with E-state index in [2.05, 4.69) is 0 Å². The summed E-state index contributed by atoms with van der Waals surface area (Å²) in [5.74, 6) is 1.39. The number of benzene rings is 1. The highest BCUT2D eigenvalue weighted by Gasteiger charge is 2.21. The van der Waals surface area contributed by atoms with Gasteiger partial charge in [-0.1, -0.05) is 11.6 Å². The third kappa shape index (κ3) is 2.96. The fraction of sp³-hybridized carbons (Fsp3) is 0.500. The minimum Gasteiger partial charge on any atom is -0.493 e. The van der Waals surface area contributed by atoms with E-state index in [0.29, 0.717) is 22.9 Å². The molecular formula is C14H17ClO3. The molecule has 1 aromatic carbocycles. The van der Waals surface area contributed by atoms with E-state index in [0.717, 1.165) is 18.4 Å². The molecule has 98 valence electrons. The highest BCUT2D eigenvalue weighted by atomic mass is 35.5. The molecule has 0 N–H and O–H groups in total. The molecule has 0 heterocycles. The highest BCUT2D eigenvalue weighted by molar-refractivity contribution is 6.31. The molecule has 1 saturated carbocycles. The monoisotopic (exact) mass is 268 g/mol. The SMILES string of the molecule is COc1cc(Cl)c(CC(C)=O)cc1OC1CCC1. The lowest BCUT2D eigenvalue weighted by Crippen LogP contribution is -2.24. The van der Waals surface area contributed by atoms with Gasteiger partial charge in [-0.05, 0) is 37.8 Å². The summed E-state index contributed by atoms with van der Waals surface area (Å²) in [5, 5.41) is 0.544. The van der Waals surface area contributed by atoms with E-state index >= 15 is 0 Å². The van der Waals surface area contributed by atoms with Crippen LogP contribution in [-0.2, 0) is 11.2 Å². The Hall–Kier alpha value is -1.22. The van der Waals surface area contributed by atoms with Gasteiger partial charge in [0.05, 0.1) is 13.2 Å². The van der Waals surface area contributed by atoms with Gasteiger partial charge >= 0.3 is 0 Å². The summed E-state index contributed by atoms with van der Waals surface area (Å²) in [6.07, 6.45) is 3.96. The van der Waals surface area contributed by atoms with Gasteiger partial charge < -0.3 is 9.47 Å². The third-order valence-corrected chi connectivity index (χ3v) is 3.47. The van der Waals surface area contributed by atoms with Crippen molar-refractivity contribution >= 4 is 17.4 Å². The van der Waals surface area contributed by atoms with Crippen molar-refractivity contribution in [1.29, 1.82) is 0 Å². The van der Waals surface area contributed by atoms with Gasteiger partial charge in [0.25, 0.3) is 0 Å². The molecule has 2 rings (SSSR count). The molecule has 0 radical (unpaired) electrons. The molecule has 0 unspecified atom stereocenters. The first-order valence-corrected chi connectivity index (χ1v) is 6.50. The molecule has 0 atom stereocenters. The van der Waals surface area contributed by atoms with Crippen LogP contribution in [0.5, 0.6) is 11.5 Å². The summed E-state index contributed by atoms with van der Waals surface area (Å²) < 4.78 is 11.1. The average molecular weight is 269 g/mol. The molecule has 18 heavy (non-hydrogen) atoms. The highest BCUT2D eigenvalue weighted by Crippen LogP contribution is 2.36. The predicted octanol–water partition coefficient (Wildman–Crippen LogP) is 3.41. The van der Waals surface area contributed by atoms with E-state index in [4.69, 9.17) is 21.1 Å². The summed E-state index contributed by atoms with van der Waals surface area (Å²) in [5.41, 5.74) is 0.791. The molecule has 1 aliphatic carbocycles. The van der Waals surface area contributed by atoms with Gasteiger partial charge in [-0.15, -0.1) is 0 Å². The van der Waals surface area contributed by atoms with Gasteiger partial charge in [-0.2, -0.15) is 0 Å². The van der Waals surface area contributed by atoms with Crippen molar-refractivity contribution in [3.63, 3.8) is 0 Å². The number of rotatable bonds is 5. The van der Waals surface area contributed by atoms with Crippen molar-refractivity contribution in [1.82, 2.24) is 0 Å². The Balaban J connectivity index is 2.25. The Bertz CT molecular complexity index is 453. The van der Waals surface area contributed by atoms with Crippen LogP contribution in [0.15, 0.2) is 12.1 Å². The second-order valence-electron chi connectivity index (χ2n) is 4.64. The smallest absolute Gasteiger partial charge is 0.162 e. The normalized spacial score (nSPS) is 15.1. The Morgan fingerprint density at radius 3 is 2.61 bits per heavy atom. The lowest BCUT2D eigenvalue weighted by molar-refractivity contribution is -0.116. The predicted molar refractivity (Wildman–Crippen MR) is 70.7 cm³/mol. The number of carbonyl (C=O) groups is 1. The maximum atomic E-state index is 11.2. The van der Waals surface area contributed by atoms with Crippen LogP contribution in [0.2, 0.25) is 5.02 Å². The Kier molecular flexibility index (Phi) is 4.12. The molecule has 3 nitrogen and oxygen atoms in total. The number of carbonyl (C=O) groups excluding carboxylic acids is 1. The lowest BCUT2D eigenvalue weighted by Gasteiger charge is -2.27. The zero-order valence-corrected chi connectivity index (χ0v) is 11.4. The molecule has 0 aromatic heterocycles. The number of ether oxygens (including phenoxy) is 2. The van der Waals surface area contributed by atoms with Crippen molar-refractivity contribution in [3.05, 3.63) is 22.7 Å². The van der Waals surface area contributed by atoms with Crippen LogP contribution in [-0.4, -0.2) is 19.0 Å². The van der Waals surface area contributed by atoms with Crippen LogP contribution in [0.25, 0.3) is 0 Å². The second-order valence-corrected chi connectivity index (χ2v) is 5.05. The molecule has 1 aromatic rings. The minimum atomic E-state index is 0.0802. The van der Waals surface area contributed by atoms with Crippen LogP contribution < -0.4 is 9.47 Å². The summed E-state index contributed by atoms with van der Waals surface area (Å²) in [7, 11) is 1.59. The number of halogens is 1. The first-order valence-electron chi connectivity index (χ1n) is 6.12. The van der Waals surface area contributed by atoms with Gasteiger partial charge in [-0.3, -0.25) is 4.79 Å². The number of hydrogen-bond donors (Lipinski definition) is 0. The van der Waals surface area contributed by atoms with Crippen molar-refractivity contribution in [2.75, 3.05) is 7.11 Å². The summed E-state index contributed by atoms with van der Waals surface area (Å²) in [6.45, 7) is 1.55. The van der Waals surface area contributed by atoms with Crippen molar-refractivity contribution in [2.45, 2.75) is 38.7 Å².